The molecule has 126 valence electrons. The molecule has 0 bridgehead atoms. The standard InChI is InChI=1S/C18H18N6S/c1-12-9-16(24-18(21-12)19-11-20-24)23-8-4-5-13(10-23)17-22-14-6-2-3-7-15(14)25-17/h2-3,6-7,9,11,13H,4-5,8,10H2,1H3/t13-/m1/s1. The molecule has 0 aliphatic carbocycles. The summed E-state index contributed by atoms with van der Waals surface area (Å²) >= 11 is 1.82. The third kappa shape index (κ3) is 2.55. The van der Waals surface area contributed by atoms with Gasteiger partial charge in [-0.1, -0.05) is 12.1 Å². The molecular weight excluding hydrogens is 332 g/mol. The molecule has 0 saturated carbocycles. The molecule has 4 aromatic rings. The van der Waals surface area contributed by atoms with Gasteiger partial charge in [0.05, 0.1) is 15.2 Å². The first-order chi connectivity index (χ1) is 12.3. The molecule has 0 spiro atoms. The van der Waals surface area contributed by atoms with E-state index in [0.29, 0.717) is 11.7 Å². The van der Waals surface area contributed by atoms with E-state index >= 15 is 0 Å². The molecule has 6 nitrogen and oxygen atoms in total. The summed E-state index contributed by atoms with van der Waals surface area (Å²) in [4.78, 5) is 16.0. The molecule has 0 N–H and O–H groups in total. The normalized spacial score (nSPS) is 18.3. The third-order valence-electron chi connectivity index (χ3n) is 4.77. The third-order valence-corrected chi connectivity index (χ3v) is 5.97. The van der Waals surface area contributed by atoms with Crippen LogP contribution in [0.5, 0.6) is 0 Å². The lowest BCUT2D eigenvalue weighted by Crippen LogP contribution is -2.35. The van der Waals surface area contributed by atoms with Gasteiger partial charge in [-0.05, 0) is 31.9 Å². The number of aryl methyl sites for hydroxylation is 1. The molecule has 5 rings (SSSR count). The van der Waals surface area contributed by atoms with Crippen molar-refractivity contribution in [3.63, 3.8) is 0 Å². The van der Waals surface area contributed by atoms with E-state index in [0.717, 1.165) is 36.5 Å². The van der Waals surface area contributed by atoms with Crippen LogP contribution in [0.25, 0.3) is 16.0 Å². The number of thiazole rings is 1. The van der Waals surface area contributed by atoms with Crippen molar-refractivity contribution in [1.82, 2.24) is 24.6 Å². The maximum atomic E-state index is 4.88. The van der Waals surface area contributed by atoms with E-state index in [9.17, 15) is 0 Å². The van der Waals surface area contributed by atoms with Crippen molar-refractivity contribution in [2.75, 3.05) is 18.0 Å². The zero-order chi connectivity index (χ0) is 16.8. The highest BCUT2D eigenvalue weighted by Gasteiger charge is 2.26. The fourth-order valence-electron chi connectivity index (χ4n) is 3.59. The monoisotopic (exact) mass is 350 g/mol. The highest BCUT2D eigenvalue weighted by Crippen LogP contribution is 2.34. The molecule has 1 aromatic carbocycles. The second-order valence-electron chi connectivity index (χ2n) is 6.53. The first-order valence-electron chi connectivity index (χ1n) is 8.56. The zero-order valence-electron chi connectivity index (χ0n) is 14.0. The van der Waals surface area contributed by atoms with Crippen LogP contribution in [-0.4, -0.2) is 37.7 Å². The molecule has 1 saturated heterocycles. The molecule has 1 fully saturated rings. The maximum absolute atomic E-state index is 4.88. The Hall–Kier alpha value is -2.54. The van der Waals surface area contributed by atoms with E-state index < -0.39 is 0 Å². The number of benzene rings is 1. The van der Waals surface area contributed by atoms with Gasteiger partial charge in [-0.2, -0.15) is 14.6 Å². The smallest absolute Gasteiger partial charge is 0.254 e. The second-order valence-corrected chi connectivity index (χ2v) is 7.59. The minimum Gasteiger partial charge on any atom is -0.356 e. The van der Waals surface area contributed by atoms with E-state index in [1.165, 1.54) is 16.1 Å². The molecule has 3 aromatic heterocycles. The first kappa shape index (κ1) is 14.8. The number of para-hydroxylation sites is 1. The Morgan fingerprint density at radius 3 is 3.04 bits per heavy atom. The molecule has 0 amide bonds. The topological polar surface area (TPSA) is 59.2 Å². The fourth-order valence-corrected chi connectivity index (χ4v) is 4.68. The minimum absolute atomic E-state index is 0.457. The van der Waals surface area contributed by atoms with Crippen molar-refractivity contribution in [3.05, 3.63) is 47.4 Å². The molecule has 1 aliphatic heterocycles. The van der Waals surface area contributed by atoms with Gasteiger partial charge in [0, 0.05) is 30.8 Å². The van der Waals surface area contributed by atoms with Gasteiger partial charge < -0.3 is 4.90 Å². The molecule has 25 heavy (non-hydrogen) atoms. The number of rotatable bonds is 2. The van der Waals surface area contributed by atoms with Crippen LogP contribution in [0.15, 0.2) is 36.7 Å². The summed E-state index contributed by atoms with van der Waals surface area (Å²) in [5, 5.41) is 5.60. The van der Waals surface area contributed by atoms with Gasteiger partial charge in [-0.15, -0.1) is 11.3 Å². The van der Waals surface area contributed by atoms with Crippen molar-refractivity contribution in [2.45, 2.75) is 25.7 Å². The van der Waals surface area contributed by atoms with Gasteiger partial charge in [0.15, 0.2) is 0 Å². The van der Waals surface area contributed by atoms with Crippen LogP contribution in [-0.2, 0) is 0 Å². The predicted molar refractivity (Wildman–Crippen MR) is 99.3 cm³/mol. The van der Waals surface area contributed by atoms with Gasteiger partial charge in [-0.25, -0.2) is 9.97 Å². The van der Waals surface area contributed by atoms with Crippen LogP contribution < -0.4 is 4.90 Å². The number of hydrogen-bond acceptors (Lipinski definition) is 6. The number of piperidine rings is 1. The second kappa shape index (κ2) is 5.77. The summed E-state index contributed by atoms with van der Waals surface area (Å²) in [6, 6.07) is 10.5. The first-order valence-corrected chi connectivity index (χ1v) is 9.37. The van der Waals surface area contributed by atoms with Gasteiger partial charge >= 0.3 is 0 Å². The Labute approximate surface area is 149 Å². The van der Waals surface area contributed by atoms with Crippen LogP contribution >= 0.6 is 11.3 Å². The zero-order valence-corrected chi connectivity index (χ0v) is 14.8. The van der Waals surface area contributed by atoms with Gasteiger partial charge in [0.1, 0.15) is 12.1 Å². The van der Waals surface area contributed by atoms with E-state index in [4.69, 9.17) is 4.98 Å². The van der Waals surface area contributed by atoms with E-state index in [-0.39, 0.29) is 0 Å². The molecule has 1 aliphatic rings. The number of fused-ring (bicyclic) bond motifs is 2. The van der Waals surface area contributed by atoms with Crippen LogP contribution in [0.3, 0.4) is 0 Å². The summed E-state index contributed by atoms with van der Waals surface area (Å²) < 4.78 is 3.11. The Morgan fingerprint density at radius 2 is 2.12 bits per heavy atom. The van der Waals surface area contributed by atoms with Crippen molar-refractivity contribution in [2.24, 2.45) is 0 Å². The van der Waals surface area contributed by atoms with Crippen LogP contribution in [0.1, 0.15) is 29.5 Å². The quantitative estimate of drug-likeness (QED) is 0.554. The summed E-state index contributed by atoms with van der Waals surface area (Å²) in [6.07, 6.45) is 3.90. The Kier molecular flexibility index (Phi) is 3.41. The van der Waals surface area contributed by atoms with Crippen molar-refractivity contribution < 1.29 is 0 Å². The van der Waals surface area contributed by atoms with Gasteiger partial charge in [0.25, 0.3) is 5.78 Å². The SMILES string of the molecule is Cc1cc(N2CCC[C@@H](c3nc4ccccc4s3)C2)n2ncnc2n1. The lowest BCUT2D eigenvalue weighted by molar-refractivity contribution is 0.503. The molecule has 1 atom stereocenters. The summed E-state index contributed by atoms with van der Waals surface area (Å²) in [6.45, 7) is 3.99. The number of hydrogen-bond donors (Lipinski definition) is 0. The van der Waals surface area contributed by atoms with Gasteiger partial charge in [-0.3, -0.25) is 0 Å². The number of nitrogens with zero attached hydrogens (tertiary/aromatic N) is 6. The Bertz CT molecular complexity index is 1020. The molecule has 0 radical (unpaired) electrons. The summed E-state index contributed by atoms with van der Waals surface area (Å²) in [7, 11) is 0. The molecule has 7 heteroatoms. The van der Waals surface area contributed by atoms with Crippen LogP contribution in [0, 0.1) is 6.92 Å². The van der Waals surface area contributed by atoms with E-state index in [2.05, 4.69) is 50.3 Å². The largest absolute Gasteiger partial charge is 0.356 e. The van der Waals surface area contributed by atoms with Crippen LogP contribution in [0.4, 0.5) is 5.82 Å². The van der Waals surface area contributed by atoms with Crippen LogP contribution in [0.2, 0.25) is 0 Å². The van der Waals surface area contributed by atoms with Crippen molar-refractivity contribution in [3.8, 4) is 0 Å². The fraction of sp³-hybridized carbons (Fsp3) is 0.333. The Balaban J connectivity index is 1.50. The lowest BCUT2D eigenvalue weighted by Gasteiger charge is -2.33. The lowest BCUT2D eigenvalue weighted by atomic mass is 9.98. The van der Waals surface area contributed by atoms with Crippen molar-refractivity contribution >= 4 is 33.1 Å². The minimum atomic E-state index is 0.457. The molecule has 0 unspecified atom stereocenters. The number of aromatic nitrogens is 5. The highest BCUT2D eigenvalue weighted by atomic mass is 32.1. The maximum Gasteiger partial charge on any atom is 0.254 e. The van der Waals surface area contributed by atoms with Crippen molar-refractivity contribution in [1.29, 1.82) is 0 Å². The highest BCUT2D eigenvalue weighted by molar-refractivity contribution is 7.18. The molecule has 4 heterocycles. The number of anilines is 1. The van der Waals surface area contributed by atoms with Gasteiger partial charge in [0.2, 0.25) is 0 Å². The Morgan fingerprint density at radius 1 is 1.20 bits per heavy atom. The van der Waals surface area contributed by atoms with E-state index in [1.807, 2.05) is 22.8 Å². The average molecular weight is 350 g/mol. The summed E-state index contributed by atoms with van der Waals surface area (Å²) in [5.74, 6) is 2.20. The summed E-state index contributed by atoms with van der Waals surface area (Å²) in [5.41, 5.74) is 2.08. The molecular formula is C18H18N6S. The van der Waals surface area contributed by atoms with E-state index in [1.54, 1.807) is 6.33 Å². The predicted octanol–water partition coefficient (Wildman–Crippen LogP) is 3.43. The average Bonchev–Trinajstić information content (AvgIpc) is 3.27.